The van der Waals surface area contributed by atoms with Crippen LogP contribution >= 0.6 is 0 Å². The Labute approximate surface area is 151 Å². The van der Waals surface area contributed by atoms with Gasteiger partial charge in [-0.1, -0.05) is 51.1 Å². The van der Waals surface area contributed by atoms with Crippen molar-refractivity contribution in [1.29, 1.82) is 0 Å². The van der Waals surface area contributed by atoms with E-state index < -0.39 is 0 Å². The van der Waals surface area contributed by atoms with Gasteiger partial charge in [0.1, 0.15) is 0 Å². The maximum absolute atomic E-state index is 11.9. The lowest BCUT2D eigenvalue weighted by Gasteiger charge is -2.30. The SMILES string of the molecule is CN=C(NCC(=O)NCCc1ccccc1)NCC(OC)C(C)(C)C. The monoisotopic (exact) mass is 348 g/mol. The lowest BCUT2D eigenvalue weighted by Crippen LogP contribution is -2.47. The third-order valence-electron chi connectivity index (χ3n) is 3.92. The predicted molar refractivity (Wildman–Crippen MR) is 103 cm³/mol. The summed E-state index contributed by atoms with van der Waals surface area (Å²) in [5.41, 5.74) is 1.23. The molecule has 0 aliphatic heterocycles. The minimum Gasteiger partial charge on any atom is -0.379 e. The summed E-state index contributed by atoms with van der Waals surface area (Å²) in [5.74, 6) is 0.530. The van der Waals surface area contributed by atoms with Crippen LogP contribution in [0.3, 0.4) is 0 Å². The Bertz CT molecular complexity index is 538. The van der Waals surface area contributed by atoms with Gasteiger partial charge in [-0.15, -0.1) is 0 Å². The van der Waals surface area contributed by atoms with Crippen LogP contribution in [-0.4, -0.2) is 51.8 Å². The molecule has 3 N–H and O–H groups in total. The van der Waals surface area contributed by atoms with Gasteiger partial charge in [0.05, 0.1) is 12.6 Å². The van der Waals surface area contributed by atoms with Gasteiger partial charge in [0.2, 0.25) is 5.91 Å². The summed E-state index contributed by atoms with van der Waals surface area (Å²) in [4.78, 5) is 16.1. The Morgan fingerprint density at radius 2 is 1.84 bits per heavy atom. The van der Waals surface area contributed by atoms with E-state index in [0.717, 1.165) is 6.42 Å². The van der Waals surface area contributed by atoms with Crippen LogP contribution in [-0.2, 0) is 16.0 Å². The van der Waals surface area contributed by atoms with Crippen LogP contribution < -0.4 is 16.0 Å². The molecular formula is C19H32N4O2. The molecule has 1 atom stereocenters. The minimum absolute atomic E-state index is 0.0232. The minimum atomic E-state index is -0.0574. The molecule has 140 valence electrons. The van der Waals surface area contributed by atoms with E-state index in [1.54, 1.807) is 14.2 Å². The first-order chi connectivity index (χ1) is 11.9. The molecule has 1 aromatic carbocycles. The quantitative estimate of drug-likeness (QED) is 0.492. The van der Waals surface area contributed by atoms with Crippen LogP contribution in [0.25, 0.3) is 0 Å². The van der Waals surface area contributed by atoms with Crippen molar-refractivity contribution in [2.75, 3.05) is 33.8 Å². The number of nitrogens with one attached hydrogen (secondary N) is 3. The van der Waals surface area contributed by atoms with Gasteiger partial charge in [-0.25, -0.2) is 0 Å². The van der Waals surface area contributed by atoms with Crippen LogP contribution in [0.1, 0.15) is 26.3 Å². The van der Waals surface area contributed by atoms with Gasteiger partial charge in [0.15, 0.2) is 5.96 Å². The second kappa shape index (κ2) is 10.7. The fourth-order valence-corrected chi connectivity index (χ4v) is 2.37. The van der Waals surface area contributed by atoms with E-state index in [-0.39, 0.29) is 24.0 Å². The summed E-state index contributed by atoms with van der Waals surface area (Å²) in [6.45, 7) is 7.79. The normalized spacial score (nSPS) is 13.2. The van der Waals surface area contributed by atoms with Gasteiger partial charge in [0, 0.05) is 27.2 Å². The number of benzene rings is 1. The molecule has 0 saturated carbocycles. The summed E-state index contributed by atoms with van der Waals surface area (Å²) in [6, 6.07) is 10.1. The first kappa shape index (κ1) is 21.0. The fraction of sp³-hybridized carbons (Fsp3) is 0.579. The van der Waals surface area contributed by atoms with Crippen molar-refractivity contribution < 1.29 is 9.53 Å². The van der Waals surface area contributed by atoms with Crippen molar-refractivity contribution in [2.24, 2.45) is 10.4 Å². The molecule has 1 aromatic rings. The van der Waals surface area contributed by atoms with E-state index in [2.05, 4.69) is 53.8 Å². The van der Waals surface area contributed by atoms with E-state index >= 15 is 0 Å². The molecule has 0 heterocycles. The van der Waals surface area contributed by atoms with Crippen molar-refractivity contribution in [3.63, 3.8) is 0 Å². The first-order valence-electron chi connectivity index (χ1n) is 8.64. The zero-order chi connectivity index (χ0) is 18.7. The lowest BCUT2D eigenvalue weighted by molar-refractivity contribution is -0.119. The van der Waals surface area contributed by atoms with Crippen molar-refractivity contribution in [2.45, 2.75) is 33.3 Å². The molecule has 1 rings (SSSR count). The number of hydrogen-bond acceptors (Lipinski definition) is 3. The maximum atomic E-state index is 11.9. The number of carbonyl (C=O) groups excluding carboxylic acids is 1. The summed E-state index contributed by atoms with van der Waals surface area (Å²) in [6.07, 6.45) is 0.867. The number of amides is 1. The molecule has 0 saturated heterocycles. The van der Waals surface area contributed by atoms with Crippen LogP contribution in [0.5, 0.6) is 0 Å². The molecule has 0 aliphatic carbocycles. The number of nitrogens with zero attached hydrogens (tertiary/aromatic N) is 1. The van der Waals surface area contributed by atoms with E-state index in [9.17, 15) is 4.79 Å². The number of hydrogen-bond donors (Lipinski definition) is 3. The number of ether oxygens (including phenoxy) is 1. The summed E-state index contributed by atoms with van der Waals surface area (Å²) < 4.78 is 5.51. The van der Waals surface area contributed by atoms with Gasteiger partial charge >= 0.3 is 0 Å². The Morgan fingerprint density at radius 3 is 2.40 bits per heavy atom. The van der Waals surface area contributed by atoms with Gasteiger partial charge in [-0.05, 0) is 17.4 Å². The van der Waals surface area contributed by atoms with E-state index in [4.69, 9.17) is 4.74 Å². The molecular weight excluding hydrogens is 316 g/mol. The number of rotatable bonds is 8. The Hall–Kier alpha value is -2.08. The highest BCUT2D eigenvalue weighted by Crippen LogP contribution is 2.20. The number of carbonyl (C=O) groups is 1. The summed E-state index contributed by atoms with van der Waals surface area (Å²) in [7, 11) is 3.38. The Kier molecular flexibility index (Phi) is 8.99. The van der Waals surface area contributed by atoms with Crippen molar-refractivity contribution >= 4 is 11.9 Å². The van der Waals surface area contributed by atoms with Crippen molar-refractivity contribution in [1.82, 2.24) is 16.0 Å². The van der Waals surface area contributed by atoms with Crippen molar-refractivity contribution in [3.05, 3.63) is 35.9 Å². The van der Waals surface area contributed by atoms with Gasteiger partial charge in [-0.3, -0.25) is 9.79 Å². The van der Waals surface area contributed by atoms with Crippen LogP contribution in [0.15, 0.2) is 35.3 Å². The van der Waals surface area contributed by atoms with Gasteiger partial charge in [-0.2, -0.15) is 0 Å². The average Bonchev–Trinajstić information content (AvgIpc) is 2.58. The largest absolute Gasteiger partial charge is 0.379 e. The highest BCUT2D eigenvalue weighted by Gasteiger charge is 2.24. The predicted octanol–water partition coefficient (Wildman–Crippen LogP) is 1.57. The third kappa shape index (κ3) is 8.54. The zero-order valence-electron chi connectivity index (χ0n) is 16.1. The van der Waals surface area contributed by atoms with Gasteiger partial charge in [0.25, 0.3) is 0 Å². The van der Waals surface area contributed by atoms with E-state index in [0.29, 0.717) is 19.0 Å². The summed E-state index contributed by atoms with van der Waals surface area (Å²) >= 11 is 0. The molecule has 0 aromatic heterocycles. The van der Waals surface area contributed by atoms with Crippen LogP contribution in [0.2, 0.25) is 0 Å². The van der Waals surface area contributed by atoms with Crippen molar-refractivity contribution in [3.8, 4) is 0 Å². The molecule has 0 bridgehead atoms. The maximum Gasteiger partial charge on any atom is 0.239 e. The number of methoxy groups -OCH3 is 1. The molecule has 0 fully saturated rings. The smallest absolute Gasteiger partial charge is 0.239 e. The van der Waals surface area contributed by atoms with E-state index in [1.807, 2.05) is 18.2 Å². The average molecular weight is 348 g/mol. The molecule has 6 nitrogen and oxygen atoms in total. The number of aliphatic imine (C=N–C) groups is 1. The zero-order valence-corrected chi connectivity index (χ0v) is 16.1. The Balaban J connectivity index is 2.28. The number of guanidine groups is 1. The molecule has 1 amide bonds. The molecule has 0 spiro atoms. The second-order valence-corrected chi connectivity index (χ2v) is 6.98. The molecule has 6 heteroatoms. The summed E-state index contributed by atoms with van der Waals surface area (Å²) in [5, 5.41) is 9.12. The highest BCUT2D eigenvalue weighted by molar-refractivity contribution is 5.86. The fourth-order valence-electron chi connectivity index (χ4n) is 2.37. The third-order valence-corrected chi connectivity index (χ3v) is 3.92. The molecule has 1 unspecified atom stereocenters. The molecule has 25 heavy (non-hydrogen) atoms. The second-order valence-electron chi connectivity index (χ2n) is 6.98. The standard InChI is InChI=1S/C19H32N4O2/c1-19(2,3)16(25-5)13-22-18(20-4)23-14-17(24)21-12-11-15-9-7-6-8-10-15/h6-10,16H,11-14H2,1-5H3,(H,21,24)(H2,20,22,23). The van der Waals surface area contributed by atoms with E-state index in [1.165, 1.54) is 5.56 Å². The highest BCUT2D eigenvalue weighted by atomic mass is 16.5. The van der Waals surface area contributed by atoms with Gasteiger partial charge < -0.3 is 20.7 Å². The topological polar surface area (TPSA) is 74.8 Å². The van der Waals surface area contributed by atoms with Crippen LogP contribution in [0, 0.1) is 5.41 Å². The van der Waals surface area contributed by atoms with Crippen LogP contribution in [0.4, 0.5) is 0 Å². The first-order valence-corrected chi connectivity index (χ1v) is 8.64. The molecule has 0 radical (unpaired) electrons. The molecule has 0 aliphatic rings. The Morgan fingerprint density at radius 1 is 1.16 bits per heavy atom. The lowest BCUT2D eigenvalue weighted by atomic mass is 9.89.